The lowest BCUT2D eigenvalue weighted by Gasteiger charge is -2.06. The van der Waals surface area contributed by atoms with E-state index in [-0.39, 0.29) is 11.8 Å². The van der Waals surface area contributed by atoms with E-state index in [2.05, 4.69) is 10.3 Å². The second kappa shape index (κ2) is 7.01. The number of aryl methyl sites for hydroxylation is 1. The molecule has 1 aromatic rings. The molecule has 0 radical (unpaired) electrons. The third-order valence-electron chi connectivity index (χ3n) is 2.40. The number of amidine groups is 1. The van der Waals surface area contributed by atoms with Gasteiger partial charge in [-0.05, 0) is 37.1 Å². The van der Waals surface area contributed by atoms with Crippen molar-refractivity contribution in [3.8, 4) is 0 Å². The average Bonchev–Trinajstić information content (AvgIpc) is 2.38. The first-order valence-electron chi connectivity index (χ1n) is 5.86. The van der Waals surface area contributed by atoms with Gasteiger partial charge in [0, 0.05) is 12.1 Å². The van der Waals surface area contributed by atoms with Crippen LogP contribution in [0.15, 0.2) is 23.2 Å². The van der Waals surface area contributed by atoms with E-state index < -0.39 is 0 Å². The highest BCUT2D eigenvalue weighted by Crippen LogP contribution is 2.19. The minimum atomic E-state index is -0.0687. The number of nitrogens with one attached hydrogen (secondary N) is 1. The maximum absolute atomic E-state index is 11.8. The summed E-state index contributed by atoms with van der Waals surface area (Å²) >= 11 is 5.57. The lowest BCUT2D eigenvalue weighted by atomic mass is 10.1. The standard InChI is InChI=1S/C13H18ClN3O/c1-3-6-16-13(18)10-4-5-11(9(2)7-10)17-12(15)8-14/h4-5,7H,3,6,8H2,1-2H3,(H2,15,17)(H,16,18). The number of benzene rings is 1. The Morgan fingerprint density at radius 3 is 2.78 bits per heavy atom. The summed E-state index contributed by atoms with van der Waals surface area (Å²) in [5.41, 5.74) is 7.84. The molecule has 18 heavy (non-hydrogen) atoms. The molecule has 1 rings (SSSR count). The van der Waals surface area contributed by atoms with E-state index >= 15 is 0 Å². The average molecular weight is 268 g/mol. The molecule has 0 saturated carbocycles. The number of aliphatic imine (C=N–C) groups is 1. The van der Waals surface area contributed by atoms with Crippen LogP contribution in [0.5, 0.6) is 0 Å². The van der Waals surface area contributed by atoms with Crippen LogP contribution in [0.2, 0.25) is 0 Å². The number of alkyl halides is 1. The van der Waals surface area contributed by atoms with Crippen LogP contribution >= 0.6 is 11.6 Å². The van der Waals surface area contributed by atoms with Crippen molar-refractivity contribution in [3.05, 3.63) is 29.3 Å². The fraction of sp³-hybridized carbons (Fsp3) is 0.385. The zero-order valence-electron chi connectivity index (χ0n) is 10.7. The van der Waals surface area contributed by atoms with Gasteiger partial charge in [-0.15, -0.1) is 11.6 Å². The number of hydrogen-bond donors (Lipinski definition) is 2. The van der Waals surface area contributed by atoms with Crippen molar-refractivity contribution < 1.29 is 4.79 Å². The third kappa shape index (κ3) is 4.04. The fourth-order valence-electron chi connectivity index (χ4n) is 1.45. The van der Waals surface area contributed by atoms with Crippen LogP contribution in [0.25, 0.3) is 0 Å². The topological polar surface area (TPSA) is 67.5 Å². The molecule has 0 fully saturated rings. The molecule has 0 aliphatic carbocycles. The molecule has 0 aliphatic rings. The first kappa shape index (κ1) is 14.5. The molecule has 0 aromatic heterocycles. The molecule has 0 aliphatic heterocycles. The fourth-order valence-corrected chi connectivity index (χ4v) is 1.51. The molecule has 0 spiro atoms. The smallest absolute Gasteiger partial charge is 0.251 e. The van der Waals surface area contributed by atoms with Crippen molar-refractivity contribution in [2.75, 3.05) is 12.4 Å². The molecule has 0 unspecified atom stereocenters. The van der Waals surface area contributed by atoms with Gasteiger partial charge in [-0.25, -0.2) is 4.99 Å². The molecule has 0 saturated heterocycles. The number of carbonyl (C=O) groups is 1. The largest absolute Gasteiger partial charge is 0.386 e. The normalized spacial score (nSPS) is 11.4. The zero-order valence-corrected chi connectivity index (χ0v) is 11.4. The highest BCUT2D eigenvalue weighted by Gasteiger charge is 2.06. The van der Waals surface area contributed by atoms with Gasteiger partial charge in [0.2, 0.25) is 0 Å². The van der Waals surface area contributed by atoms with Crippen molar-refractivity contribution in [1.82, 2.24) is 5.32 Å². The van der Waals surface area contributed by atoms with Gasteiger partial charge < -0.3 is 11.1 Å². The first-order chi connectivity index (χ1) is 8.58. The summed E-state index contributed by atoms with van der Waals surface area (Å²) in [6.45, 7) is 4.58. The zero-order chi connectivity index (χ0) is 13.5. The van der Waals surface area contributed by atoms with Crippen LogP contribution in [0.4, 0.5) is 5.69 Å². The minimum Gasteiger partial charge on any atom is -0.386 e. The van der Waals surface area contributed by atoms with E-state index in [0.717, 1.165) is 17.7 Å². The Hall–Kier alpha value is -1.55. The van der Waals surface area contributed by atoms with Gasteiger partial charge in [-0.2, -0.15) is 0 Å². The summed E-state index contributed by atoms with van der Waals surface area (Å²) in [4.78, 5) is 15.9. The summed E-state index contributed by atoms with van der Waals surface area (Å²) in [5, 5.41) is 2.83. The summed E-state index contributed by atoms with van der Waals surface area (Å²) < 4.78 is 0. The van der Waals surface area contributed by atoms with E-state index in [4.69, 9.17) is 17.3 Å². The van der Waals surface area contributed by atoms with Crippen molar-refractivity contribution in [2.45, 2.75) is 20.3 Å². The Morgan fingerprint density at radius 2 is 2.22 bits per heavy atom. The van der Waals surface area contributed by atoms with Crippen molar-refractivity contribution in [1.29, 1.82) is 0 Å². The summed E-state index contributed by atoms with van der Waals surface area (Å²) in [7, 11) is 0. The summed E-state index contributed by atoms with van der Waals surface area (Å²) in [5.74, 6) is 0.488. The first-order valence-corrected chi connectivity index (χ1v) is 6.39. The van der Waals surface area contributed by atoms with Crippen molar-refractivity contribution in [2.24, 2.45) is 10.7 Å². The Morgan fingerprint density at radius 1 is 1.50 bits per heavy atom. The minimum absolute atomic E-state index is 0.0687. The molecular weight excluding hydrogens is 250 g/mol. The monoisotopic (exact) mass is 267 g/mol. The Kier molecular flexibility index (Phi) is 5.65. The second-order valence-corrected chi connectivity index (χ2v) is 4.26. The van der Waals surface area contributed by atoms with E-state index in [1.165, 1.54) is 0 Å². The van der Waals surface area contributed by atoms with Gasteiger partial charge in [0.05, 0.1) is 11.6 Å². The van der Waals surface area contributed by atoms with Crippen LogP contribution in [0.1, 0.15) is 29.3 Å². The molecule has 0 atom stereocenters. The maximum atomic E-state index is 11.8. The molecule has 0 heterocycles. The number of rotatable bonds is 5. The molecule has 4 nitrogen and oxygen atoms in total. The van der Waals surface area contributed by atoms with Gasteiger partial charge in [0.15, 0.2) is 0 Å². The highest BCUT2D eigenvalue weighted by atomic mass is 35.5. The summed E-state index contributed by atoms with van der Waals surface area (Å²) in [6, 6.07) is 5.30. The van der Waals surface area contributed by atoms with E-state index in [9.17, 15) is 4.79 Å². The Labute approximate surface area is 112 Å². The molecule has 0 bridgehead atoms. The number of carbonyl (C=O) groups excluding carboxylic acids is 1. The molecule has 1 amide bonds. The lowest BCUT2D eigenvalue weighted by Crippen LogP contribution is -2.23. The lowest BCUT2D eigenvalue weighted by molar-refractivity contribution is 0.0953. The number of nitrogens with zero attached hydrogens (tertiary/aromatic N) is 1. The Bertz CT molecular complexity index is 458. The predicted octanol–water partition coefficient (Wildman–Crippen LogP) is 2.36. The van der Waals surface area contributed by atoms with E-state index in [1.54, 1.807) is 18.2 Å². The van der Waals surface area contributed by atoms with Crippen LogP contribution < -0.4 is 11.1 Å². The molecule has 5 heteroatoms. The van der Waals surface area contributed by atoms with Crippen molar-refractivity contribution >= 4 is 29.0 Å². The molecule has 1 aromatic carbocycles. The number of amides is 1. The van der Waals surface area contributed by atoms with Gasteiger partial charge in [-0.1, -0.05) is 6.92 Å². The van der Waals surface area contributed by atoms with Crippen LogP contribution in [0, 0.1) is 6.92 Å². The second-order valence-electron chi connectivity index (χ2n) is 3.99. The quantitative estimate of drug-likeness (QED) is 0.489. The summed E-state index contributed by atoms with van der Waals surface area (Å²) in [6.07, 6.45) is 0.916. The van der Waals surface area contributed by atoms with Crippen LogP contribution in [-0.2, 0) is 0 Å². The third-order valence-corrected chi connectivity index (χ3v) is 2.67. The van der Waals surface area contributed by atoms with E-state index in [0.29, 0.717) is 17.9 Å². The highest BCUT2D eigenvalue weighted by molar-refractivity contribution is 6.28. The van der Waals surface area contributed by atoms with Gasteiger partial charge >= 0.3 is 0 Å². The van der Waals surface area contributed by atoms with Gasteiger partial charge in [0.25, 0.3) is 5.91 Å². The van der Waals surface area contributed by atoms with Gasteiger partial charge in [0.1, 0.15) is 5.84 Å². The molecule has 98 valence electrons. The SMILES string of the molecule is CCCNC(=O)c1ccc(N=C(N)CCl)c(C)c1. The van der Waals surface area contributed by atoms with Crippen molar-refractivity contribution in [3.63, 3.8) is 0 Å². The van der Waals surface area contributed by atoms with Gasteiger partial charge in [-0.3, -0.25) is 4.79 Å². The Balaban J connectivity index is 2.89. The van der Waals surface area contributed by atoms with E-state index in [1.807, 2.05) is 13.8 Å². The number of nitrogens with two attached hydrogens (primary N) is 1. The molecular formula is C13H18ClN3O. The predicted molar refractivity (Wildman–Crippen MR) is 75.8 cm³/mol. The van der Waals surface area contributed by atoms with Crippen LogP contribution in [0.3, 0.4) is 0 Å². The number of hydrogen-bond acceptors (Lipinski definition) is 2. The maximum Gasteiger partial charge on any atom is 0.251 e. The molecule has 3 N–H and O–H groups in total. The number of halogens is 1. The van der Waals surface area contributed by atoms with Crippen LogP contribution in [-0.4, -0.2) is 24.2 Å².